The number of hydrogen-bond donors (Lipinski definition) is 2. The number of aromatic hydroxyl groups is 1. The number of ether oxygens (including phenoxy) is 1. The van der Waals surface area contributed by atoms with Gasteiger partial charge < -0.3 is 14.9 Å². The smallest absolute Gasteiger partial charge is 0.342 e. The molecule has 164 valence electrons. The van der Waals surface area contributed by atoms with Crippen molar-refractivity contribution in [3.05, 3.63) is 90.5 Å². The summed E-state index contributed by atoms with van der Waals surface area (Å²) in [6.07, 6.45) is 0. The molecule has 33 heavy (non-hydrogen) atoms. The van der Waals surface area contributed by atoms with Crippen molar-refractivity contribution in [3.63, 3.8) is 0 Å². The average molecular weight is 440 g/mol. The number of phenolic OH excluding ortho intramolecular Hbond substituents is 1. The van der Waals surface area contributed by atoms with Gasteiger partial charge in [0.05, 0.1) is 23.7 Å². The van der Waals surface area contributed by atoms with Gasteiger partial charge in [0.2, 0.25) is 0 Å². The number of aliphatic hydroxyl groups is 1. The van der Waals surface area contributed by atoms with Crippen LogP contribution < -0.4 is 0 Å². The summed E-state index contributed by atoms with van der Waals surface area (Å²) in [7, 11) is 0. The monoisotopic (exact) mass is 440 g/mol. The third kappa shape index (κ3) is 5.25. The van der Waals surface area contributed by atoms with E-state index in [9.17, 15) is 9.90 Å². The number of fused-ring (bicyclic) bond motifs is 1. The summed E-state index contributed by atoms with van der Waals surface area (Å²) < 4.78 is 4.95. The number of carbonyl (C=O) groups is 1. The number of rotatable bonds is 7. The van der Waals surface area contributed by atoms with E-state index in [4.69, 9.17) is 9.84 Å². The minimum absolute atomic E-state index is 0.0484. The number of hydrogen-bond acceptors (Lipinski definition) is 8. The number of benzene rings is 4. The third-order valence-electron chi connectivity index (χ3n) is 4.69. The van der Waals surface area contributed by atoms with Crippen molar-refractivity contribution in [3.8, 4) is 5.75 Å². The second-order valence-corrected chi connectivity index (χ2v) is 6.95. The first kappa shape index (κ1) is 21.8. The Morgan fingerprint density at radius 2 is 1.33 bits per heavy atom. The molecule has 0 aromatic heterocycles. The van der Waals surface area contributed by atoms with Crippen LogP contribution >= 0.6 is 0 Å². The predicted octanol–water partition coefficient (Wildman–Crippen LogP) is 6.53. The molecule has 4 aromatic rings. The lowest BCUT2D eigenvalue weighted by atomic mass is 10.0. The molecule has 0 saturated carbocycles. The van der Waals surface area contributed by atoms with E-state index in [1.807, 2.05) is 36.4 Å². The third-order valence-corrected chi connectivity index (χ3v) is 4.69. The first-order chi connectivity index (χ1) is 16.2. The van der Waals surface area contributed by atoms with Gasteiger partial charge in [-0.05, 0) is 47.9 Å². The molecule has 4 aromatic carbocycles. The Balaban J connectivity index is 1.61. The van der Waals surface area contributed by atoms with E-state index in [2.05, 4.69) is 20.5 Å². The van der Waals surface area contributed by atoms with Crippen molar-refractivity contribution in [2.24, 2.45) is 20.5 Å². The summed E-state index contributed by atoms with van der Waals surface area (Å²) in [6, 6.07) is 25.1. The second kappa shape index (κ2) is 10.3. The molecule has 8 heteroatoms. The van der Waals surface area contributed by atoms with Gasteiger partial charge in [-0.25, -0.2) is 4.79 Å². The highest BCUT2D eigenvalue weighted by Gasteiger charge is 2.19. The lowest BCUT2D eigenvalue weighted by Gasteiger charge is -2.10. The molecule has 0 saturated heterocycles. The van der Waals surface area contributed by atoms with Gasteiger partial charge in [-0.1, -0.05) is 42.5 Å². The quantitative estimate of drug-likeness (QED) is 0.251. The molecule has 4 rings (SSSR count). The summed E-state index contributed by atoms with van der Waals surface area (Å²) in [6.45, 7) is -0.483. The number of aliphatic hydroxyl groups excluding tert-OH is 1. The van der Waals surface area contributed by atoms with E-state index in [0.717, 1.165) is 5.69 Å². The summed E-state index contributed by atoms with van der Waals surface area (Å²) in [5, 5.41) is 37.7. The van der Waals surface area contributed by atoms with Gasteiger partial charge in [-0.3, -0.25) is 0 Å². The minimum Gasteiger partial charge on any atom is -0.505 e. The van der Waals surface area contributed by atoms with Gasteiger partial charge in [0.25, 0.3) is 0 Å². The molecule has 2 N–H and O–H groups in total. The maximum atomic E-state index is 12.3. The van der Waals surface area contributed by atoms with Crippen LogP contribution in [0.3, 0.4) is 0 Å². The minimum atomic E-state index is -0.753. The highest BCUT2D eigenvalue weighted by Crippen LogP contribution is 2.39. The van der Waals surface area contributed by atoms with Gasteiger partial charge in [-0.15, -0.1) is 5.11 Å². The van der Waals surface area contributed by atoms with E-state index in [0.29, 0.717) is 22.1 Å². The van der Waals surface area contributed by atoms with Crippen LogP contribution in [-0.4, -0.2) is 29.4 Å². The zero-order valence-electron chi connectivity index (χ0n) is 17.5. The topological polar surface area (TPSA) is 116 Å². The van der Waals surface area contributed by atoms with E-state index in [1.165, 1.54) is 6.07 Å². The molecular weight excluding hydrogens is 420 g/mol. The van der Waals surface area contributed by atoms with Crippen LogP contribution in [0.5, 0.6) is 5.75 Å². The lowest BCUT2D eigenvalue weighted by Crippen LogP contribution is -2.09. The van der Waals surface area contributed by atoms with Crippen molar-refractivity contribution in [1.82, 2.24) is 0 Å². The lowest BCUT2D eigenvalue weighted by molar-refractivity contribution is 0.0431. The van der Waals surface area contributed by atoms with E-state index in [-0.39, 0.29) is 30.2 Å². The van der Waals surface area contributed by atoms with Crippen molar-refractivity contribution in [2.45, 2.75) is 0 Å². The molecule has 0 aliphatic carbocycles. The molecule has 0 radical (unpaired) electrons. The van der Waals surface area contributed by atoms with Crippen LogP contribution in [0.25, 0.3) is 10.8 Å². The van der Waals surface area contributed by atoms with Gasteiger partial charge in [0, 0.05) is 5.39 Å². The Hall–Kier alpha value is -4.43. The highest BCUT2D eigenvalue weighted by molar-refractivity contribution is 6.04. The zero-order chi connectivity index (χ0) is 23.0. The summed E-state index contributed by atoms with van der Waals surface area (Å²) in [5.41, 5.74) is 2.04. The molecular formula is C25H20N4O4. The Morgan fingerprint density at radius 1 is 0.758 bits per heavy atom. The largest absolute Gasteiger partial charge is 0.505 e. The number of esters is 1. The molecule has 0 heterocycles. The van der Waals surface area contributed by atoms with Gasteiger partial charge in [-0.2, -0.15) is 15.3 Å². The van der Waals surface area contributed by atoms with Crippen LogP contribution in [-0.2, 0) is 4.74 Å². The van der Waals surface area contributed by atoms with E-state index in [1.54, 1.807) is 42.5 Å². The van der Waals surface area contributed by atoms with Gasteiger partial charge in [0.1, 0.15) is 17.9 Å². The fraction of sp³-hybridized carbons (Fsp3) is 0.0800. The van der Waals surface area contributed by atoms with E-state index < -0.39 is 5.97 Å². The first-order valence-corrected chi connectivity index (χ1v) is 10.2. The highest BCUT2D eigenvalue weighted by atomic mass is 16.5. The SMILES string of the molecule is O=C(OCCO)c1cc2ccccc2c(N=Nc2ccc(N=Nc3ccccc3)cc2)c1O. The van der Waals surface area contributed by atoms with Crippen LogP contribution in [0.15, 0.2) is 105 Å². The maximum Gasteiger partial charge on any atom is 0.342 e. The van der Waals surface area contributed by atoms with Crippen molar-refractivity contribution < 1.29 is 19.7 Å². The molecule has 0 unspecified atom stereocenters. The Bertz CT molecular complexity index is 1320. The molecule has 0 aliphatic heterocycles. The summed E-state index contributed by atoms with van der Waals surface area (Å²) >= 11 is 0. The molecule has 0 fully saturated rings. The summed E-state index contributed by atoms with van der Waals surface area (Å²) in [4.78, 5) is 12.3. The first-order valence-electron chi connectivity index (χ1n) is 10.2. The van der Waals surface area contributed by atoms with Crippen LogP contribution in [0.4, 0.5) is 22.7 Å². The molecule has 0 bridgehead atoms. The Kier molecular flexibility index (Phi) is 6.77. The fourth-order valence-electron chi connectivity index (χ4n) is 3.09. The standard InChI is InChI=1S/C25H20N4O4/c30-14-15-33-25(32)22-16-17-6-4-5-9-21(17)23(24(22)31)29-28-20-12-10-19(11-13-20)27-26-18-7-2-1-3-8-18/h1-13,16,30-31H,14-15H2. The predicted molar refractivity (Wildman–Crippen MR) is 124 cm³/mol. The number of nitrogens with zero attached hydrogens (tertiary/aromatic N) is 4. The van der Waals surface area contributed by atoms with Crippen molar-refractivity contribution in [1.29, 1.82) is 0 Å². The Morgan fingerprint density at radius 3 is 2.00 bits per heavy atom. The number of carbonyl (C=O) groups excluding carboxylic acids is 1. The Labute approximate surface area is 189 Å². The second-order valence-electron chi connectivity index (χ2n) is 6.95. The van der Waals surface area contributed by atoms with Crippen LogP contribution in [0, 0.1) is 0 Å². The van der Waals surface area contributed by atoms with Crippen LogP contribution in [0.1, 0.15) is 10.4 Å². The normalized spacial score (nSPS) is 11.4. The number of phenols is 1. The zero-order valence-corrected chi connectivity index (χ0v) is 17.5. The number of azo groups is 2. The molecule has 0 aliphatic rings. The van der Waals surface area contributed by atoms with Crippen LogP contribution in [0.2, 0.25) is 0 Å². The summed E-state index contributed by atoms with van der Waals surface area (Å²) in [5.74, 6) is -1.09. The van der Waals surface area contributed by atoms with Crippen molar-refractivity contribution in [2.75, 3.05) is 13.2 Å². The van der Waals surface area contributed by atoms with Crippen molar-refractivity contribution >= 4 is 39.5 Å². The molecule has 0 amide bonds. The van der Waals surface area contributed by atoms with E-state index >= 15 is 0 Å². The van der Waals surface area contributed by atoms with Gasteiger partial charge >= 0.3 is 5.97 Å². The fourth-order valence-corrected chi connectivity index (χ4v) is 3.09. The molecule has 0 spiro atoms. The average Bonchev–Trinajstić information content (AvgIpc) is 2.86. The molecule has 0 atom stereocenters. The maximum absolute atomic E-state index is 12.3. The molecule has 8 nitrogen and oxygen atoms in total. The van der Waals surface area contributed by atoms with Gasteiger partial charge in [0.15, 0.2) is 5.75 Å².